The molecule has 0 saturated carbocycles. The van der Waals surface area contributed by atoms with Crippen molar-refractivity contribution >= 4 is 40.0 Å². The quantitative estimate of drug-likeness (QED) is 0.809. The van der Waals surface area contributed by atoms with Crippen LogP contribution in [0.3, 0.4) is 0 Å². The van der Waals surface area contributed by atoms with Crippen molar-refractivity contribution in [1.29, 1.82) is 5.41 Å². The number of aryl methyl sites for hydroxylation is 1. The minimum atomic E-state index is -0.575. The molecule has 0 unspecified atom stereocenters. The van der Waals surface area contributed by atoms with Crippen LogP contribution in [0, 0.1) is 5.41 Å². The molecule has 1 aromatic heterocycles. The van der Waals surface area contributed by atoms with Gasteiger partial charge in [0.25, 0.3) is 0 Å². The maximum Gasteiger partial charge on any atom is 0.186 e. The standard InChI is InChI=1S/C18H19N3OS2/c1-4-14-20-21-18(24-14)15-16(22)13(23-17(15)19)9-11-5-7-12(8-6-11)10(2)3/h5-10,15,19H,4H2,1-3H3/b13-9-,19-17?/t15-/m1/s1. The van der Waals surface area contributed by atoms with Crippen LogP contribution in [0.2, 0.25) is 0 Å². The lowest BCUT2D eigenvalue weighted by atomic mass is 10.0. The summed E-state index contributed by atoms with van der Waals surface area (Å²) in [5, 5.41) is 18.2. The van der Waals surface area contributed by atoms with Crippen LogP contribution in [-0.4, -0.2) is 21.0 Å². The van der Waals surface area contributed by atoms with Crippen LogP contribution in [0.25, 0.3) is 6.08 Å². The summed E-state index contributed by atoms with van der Waals surface area (Å²) in [6.45, 7) is 6.32. The Kier molecular flexibility index (Phi) is 4.96. The van der Waals surface area contributed by atoms with Gasteiger partial charge in [-0.3, -0.25) is 10.2 Å². The van der Waals surface area contributed by atoms with Crippen LogP contribution in [0.1, 0.15) is 53.7 Å². The molecular formula is C18H19N3OS2. The zero-order valence-electron chi connectivity index (χ0n) is 13.9. The van der Waals surface area contributed by atoms with Crippen molar-refractivity contribution in [3.63, 3.8) is 0 Å². The highest BCUT2D eigenvalue weighted by atomic mass is 32.2. The normalized spacial score (nSPS) is 19.7. The first-order valence-corrected chi connectivity index (χ1v) is 9.57. The molecule has 0 bridgehead atoms. The van der Waals surface area contributed by atoms with Gasteiger partial charge in [-0.15, -0.1) is 21.5 Å². The number of Topliss-reactive ketones (excluding diaryl/α,β-unsaturated/α-hetero) is 1. The van der Waals surface area contributed by atoms with Gasteiger partial charge >= 0.3 is 0 Å². The third-order valence-electron chi connectivity index (χ3n) is 3.92. The lowest BCUT2D eigenvalue weighted by Gasteiger charge is -2.05. The Bertz CT molecular complexity index is 806. The number of ketones is 1. The highest BCUT2D eigenvalue weighted by Crippen LogP contribution is 2.41. The summed E-state index contributed by atoms with van der Waals surface area (Å²) >= 11 is 2.66. The van der Waals surface area contributed by atoms with E-state index in [0.717, 1.165) is 17.0 Å². The molecule has 2 heterocycles. The number of aromatic nitrogens is 2. The average molecular weight is 358 g/mol. The van der Waals surface area contributed by atoms with Crippen LogP contribution in [0.5, 0.6) is 0 Å². The molecule has 1 atom stereocenters. The van der Waals surface area contributed by atoms with Crippen LogP contribution >= 0.6 is 23.1 Å². The average Bonchev–Trinajstić information content (AvgIpc) is 3.13. The fraction of sp³-hybridized carbons (Fsp3) is 0.333. The van der Waals surface area contributed by atoms with Gasteiger partial charge < -0.3 is 0 Å². The van der Waals surface area contributed by atoms with Crippen molar-refractivity contribution in [2.45, 2.75) is 39.0 Å². The molecular weight excluding hydrogens is 338 g/mol. The first kappa shape index (κ1) is 17.0. The molecule has 0 amide bonds. The number of nitrogens with zero attached hydrogens (tertiary/aromatic N) is 2. The van der Waals surface area contributed by atoms with E-state index in [1.165, 1.54) is 28.7 Å². The molecule has 0 aliphatic carbocycles. The van der Waals surface area contributed by atoms with Crippen LogP contribution in [0.4, 0.5) is 0 Å². The minimum absolute atomic E-state index is 0.0447. The molecule has 1 aliphatic heterocycles. The molecule has 2 aromatic rings. The molecule has 24 heavy (non-hydrogen) atoms. The van der Waals surface area contributed by atoms with E-state index >= 15 is 0 Å². The second kappa shape index (κ2) is 6.99. The molecule has 1 N–H and O–H groups in total. The maximum atomic E-state index is 12.7. The van der Waals surface area contributed by atoms with E-state index in [0.29, 0.717) is 20.9 Å². The summed E-state index contributed by atoms with van der Waals surface area (Å²) in [5.41, 5.74) is 2.25. The molecule has 4 nitrogen and oxygen atoms in total. The van der Waals surface area contributed by atoms with Gasteiger partial charge in [-0.2, -0.15) is 0 Å². The highest BCUT2D eigenvalue weighted by Gasteiger charge is 2.39. The summed E-state index contributed by atoms with van der Waals surface area (Å²) in [6.07, 6.45) is 2.66. The Hall–Kier alpha value is -1.79. The van der Waals surface area contributed by atoms with Crippen LogP contribution in [0.15, 0.2) is 29.2 Å². The number of hydrogen-bond donors (Lipinski definition) is 1. The van der Waals surface area contributed by atoms with Crippen LogP contribution in [-0.2, 0) is 11.2 Å². The van der Waals surface area contributed by atoms with E-state index in [1.54, 1.807) is 0 Å². The van der Waals surface area contributed by atoms with Gasteiger partial charge in [0.2, 0.25) is 0 Å². The molecule has 1 fully saturated rings. The number of thioether (sulfide) groups is 1. The summed E-state index contributed by atoms with van der Waals surface area (Å²) in [7, 11) is 0. The number of benzene rings is 1. The molecule has 0 spiro atoms. The molecule has 1 aliphatic rings. The first-order valence-electron chi connectivity index (χ1n) is 7.94. The lowest BCUT2D eigenvalue weighted by Crippen LogP contribution is -2.11. The SMILES string of the molecule is CCc1nnc([C@H]2C(=N)S/C(=C\c3ccc(C(C)C)cc3)C2=O)s1. The highest BCUT2D eigenvalue weighted by molar-refractivity contribution is 8.19. The third-order valence-corrected chi connectivity index (χ3v) is 6.05. The van der Waals surface area contributed by atoms with E-state index in [2.05, 4.69) is 36.2 Å². The van der Waals surface area contributed by atoms with E-state index < -0.39 is 5.92 Å². The van der Waals surface area contributed by atoms with Crippen molar-refractivity contribution in [3.05, 3.63) is 50.3 Å². The number of rotatable bonds is 4. The maximum absolute atomic E-state index is 12.7. The van der Waals surface area contributed by atoms with Gasteiger partial charge in [-0.25, -0.2) is 0 Å². The number of nitrogens with one attached hydrogen (secondary N) is 1. The summed E-state index contributed by atoms with van der Waals surface area (Å²) in [4.78, 5) is 13.3. The van der Waals surface area contributed by atoms with Gasteiger partial charge in [0.05, 0.1) is 9.95 Å². The van der Waals surface area contributed by atoms with Gasteiger partial charge in [-0.05, 0) is 29.5 Å². The van der Waals surface area contributed by atoms with Gasteiger partial charge in [0.1, 0.15) is 15.9 Å². The monoisotopic (exact) mass is 357 g/mol. The Labute approximate surface area is 149 Å². The molecule has 0 radical (unpaired) electrons. The van der Waals surface area contributed by atoms with Crippen molar-refractivity contribution < 1.29 is 4.79 Å². The number of carbonyl (C=O) groups excluding carboxylic acids is 1. The minimum Gasteiger partial charge on any atom is -0.297 e. The molecule has 1 saturated heterocycles. The fourth-order valence-electron chi connectivity index (χ4n) is 2.47. The second-order valence-corrected chi connectivity index (χ2v) is 8.16. The van der Waals surface area contributed by atoms with E-state index in [-0.39, 0.29) is 5.78 Å². The summed E-state index contributed by atoms with van der Waals surface area (Å²) < 4.78 is 0. The summed E-state index contributed by atoms with van der Waals surface area (Å²) in [5.74, 6) is -0.136. The molecule has 1 aromatic carbocycles. The summed E-state index contributed by atoms with van der Waals surface area (Å²) in [6, 6.07) is 8.21. The van der Waals surface area contributed by atoms with Crippen molar-refractivity contribution in [2.24, 2.45) is 0 Å². The Morgan fingerprint density at radius 1 is 1.25 bits per heavy atom. The van der Waals surface area contributed by atoms with E-state index in [9.17, 15) is 4.79 Å². The number of allylic oxidation sites excluding steroid dienone is 1. The third kappa shape index (κ3) is 3.35. The largest absolute Gasteiger partial charge is 0.297 e. The lowest BCUT2D eigenvalue weighted by molar-refractivity contribution is -0.114. The number of hydrogen-bond acceptors (Lipinski definition) is 6. The number of carbonyl (C=O) groups is 1. The molecule has 124 valence electrons. The zero-order valence-corrected chi connectivity index (χ0v) is 15.5. The zero-order chi connectivity index (χ0) is 17.3. The van der Waals surface area contributed by atoms with Gasteiger partial charge in [-0.1, -0.05) is 56.8 Å². The fourth-order valence-corrected chi connectivity index (χ4v) is 4.42. The van der Waals surface area contributed by atoms with Crippen LogP contribution < -0.4 is 0 Å². The Morgan fingerprint density at radius 3 is 2.54 bits per heavy atom. The van der Waals surface area contributed by atoms with Crippen molar-refractivity contribution in [1.82, 2.24) is 10.2 Å². The van der Waals surface area contributed by atoms with Crippen molar-refractivity contribution in [2.75, 3.05) is 0 Å². The predicted octanol–water partition coefficient (Wildman–Crippen LogP) is 4.64. The Balaban J connectivity index is 1.85. The topological polar surface area (TPSA) is 66.7 Å². The predicted molar refractivity (Wildman–Crippen MR) is 101 cm³/mol. The van der Waals surface area contributed by atoms with Gasteiger partial charge in [0, 0.05) is 0 Å². The molecule has 3 rings (SSSR count). The Morgan fingerprint density at radius 2 is 1.96 bits per heavy atom. The van der Waals surface area contributed by atoms with E-state index in [4.69, 9.17) is 5.41 Å². The van der Waals surface area contributed by atoms with Crippen molar-refractivity contribution in [3.8, 4) is 0 Å². The second-order valence-electron chi connectivity index (χ2n) is 5.98. The smallest absolute Gasteiger partial charge is 0.186 e. The van der Waals surface area contributed by atoms with Gasteiger partial charge in [0.15, 0.2) is 5.78 Å². The molecule has 6 heteroatoms. The van der Waals surface area contributed by atoms with E-state index in [1.807, 2.05) is 25.1 Å². The first-order chi connectivity index (χ1) is 11.5.